The molecule has 1 rings (SSSR count). The summed E-state index contributed by atoms with van der Waals surface area (Å²) in [5.41, 5.74) is 5.68. The van der Waals surface area contributed by atoms with Gasteiger partial charge in [0.1, 0.15) is 5.75 Å². The van der Waals surface area contributed by atoms with Gasteiger partial charge < -0.3 is 15.8 Å². The molecule has 0 unspecified atom stereocenters. The van der Waals surface area contributed by atoms with Crippen molar-refractivity contribution in [2.45, 2.75) is 25.9 Å². The van der Waals surface area contributed by atoms with E-state index in [0.29, 0.717) is 17.3 Å². The molecule has 0 aromatic heterocycles. The van der Waals surface area contributed by atoms with E-state index in [1.54, 1.807) is 33.1 Å². The summed E-state index contributed by atoms with van der Waals surface area (Å²) >= 11 is 5.97. The van der Waals surface area contributed by atoms with E-state index in [4.69, 9.17) is 22.1 Å². The third-order valence-electron chi connectivity index (χ3n) is 2.25. The number of nitrogens with one attached hydrogen (secondary N) is 1. The summed E-state index contributed by atoms with van der Waals surface area (Å²) < 4.78 is 5.04. The summed E-state index contributed by atoms with van der Waals surface area (Å²) in [6, 6.07) is 5.36. The summed E-state index contributed by atoms with van der Waals surface area (Å²) in [7, 11) is 1.56. The standard InChI is InChI=1S/C12H17ClN2O2.ClH/c1-12(2,14)11(16)15-7-8-4-5-10(17-3)9(13)6-8;/h4-6H,7,14H2,1-3H3,(H,15,16);1H. The molecule has 0 saturated heterocycles. The van der Waals surface area contributed by atoms with Crippen molar-refractivity contribution in [2.75, 3.05) is 7.11 Å². The Morgan fingerprint density at radius 2 is 2.11 bits per heavy atom. The number of methoxy groups -OCH3 is 1. The minimum atomic E-state index is -0.879. The molecule has 0 aliphatic carbocycles. The molecular weight excluding hydrogens is 275 g/mol. The van der Waals surface area contributed by atoms with Gasteiger partial charge in [-0.2, -0.15) is 0 Å². The first-order valence-electron chi connectivity index (χ1n) is 5.24. The van der Waals surface area contributed by atoms with Crippen molar-refractivity contribution in [3.63, 3.8) is 0 Å². The Hall–Kier alpha value is -0.970. The maximum atomic E-state index is 11.6. The Labute approximate surface area is 118 Å². The molecule has 1 aromatic rings. The van der Waals surface area contributed by atoms with Crippen molar-refractivity contribution in [1.82, 2.24) is 5.32 Å². The zero-order valence-corrected chi connectivity index (χ0v) is 12.2. The van der Waals surface area contributed by atoms with E-state index in [1.165, 1.54) is 0 Å². The molecule has 0 spiro atoms. The monoisotopic (exact) mass is 292 g/mol. The number of nitrogens with two attached hydrogens (primary N) is 1. The van der Waals surface area contributed by atoms with Gasteiger partial charge >= 0.3 is 0 Å². The Bertz CT molecular complexity index is 417. The average Bonchev–Trinajstić information content (AvgIpc) is 2.24. The van der Waals surface area contributed by atoms with Crippen LogP contribution in [0.15, 0.2) is 18.2 Å². The molecule has 1 amide bonds. The fourth-order valence-electron chi connectivity index (χ4n) is 1.23. The predicted molar refractivity (Wildman–Crippen MR) is 75.4 cm³/mol. The molecule has 0 aliphatic heterocycles. The quantitative estimate of drug-likeness (QED) is 0.893. The zero-order valence-electron chi connectivity index (χ0n) is 10.6. The Morgan fingerprint density at radius 3 is 2.56 bits per heavy atom. The Balaban J connectivity index is 0.00000289. The van der Waals surface area contributed by atoms with E-state index in [9.17, 15) is 4.79 Å². The number of halogens is 2. The van der Waals surface area contributed by atoms with E-state index in [1.807, 2.05) is 6.07 Å². The van der Waals surface area contributed by atoms with Crippen molar-refractivity contribution in [3.8, 4) is 5.75 Å². The maximum absolute atomic E-state index is 11.6. The van der Waals surface area contributed by atoms with E-state index < -0.39 is 5.54 Å². The van der Waals surface area contributed by atoms with Crippen LogP contribution < -0.4 is 15.8 Å². The molecule has 0 bridgehead atoms. The number of hydrogen-bond donors (Lipinski definition) is 2. The minimum absolute atomic E-state index is 0. The second-order valence-electron chi connectivity index (χ2n) is 4.37. The minimum Gasteiger partial charge on any atom is -0.495 e. The molecule has 0 heterocycles. The lowest BCUT2D eigenvalue weighted by Gasteiger charge is -2.17. The van der Waals surface area contributed by atoms with Crippen LogP contribution in [0.5, 0.6) is 5.75 Å². The fraction of sp³-hybridized carbons (Fsp3) is 0.417. The van der Waals surface area contributed by atoms with Gasteiger partial charge in [-0.1, -0.05) is 17.7 Å². The molecule has 18 heavy (non-hydrogen) atoms. The van der Waals surface area contributed by atoms with Crippen LogP contribution in [0.3, 0.4) is 0 Å². The first kappa shape index (κ1) is 17.0. The Kier molecular flexibility index (Phi) is 6.46. The number of ether oxygens (including phenoxy) is 1. The normalized spacial score (nSPS) is 10.5. The highest BCUT2D eigenvalue weighted by Crippen LogP contribution is 2.24. The van der Waals surface area contributed by atoms with Crippen LogP contribution in [0.4, 0.5) is 0 Å². The van der Waals surface area contributed by atoms with E-state index in [2.05, 4.69) is 5.32 Å². The van der Waals surface area contributed by atoms with Crippen molar-refractivity contribution in [3.05, 3.63) is 28.8 Å². The number of rotatable bonds is 4. The molecule has 0 aliphatic rings. The summed E-state index contributed by atoms with van der Waals surface area (Å²) in [6.07, 6.45) is 0. The summed E-state index contributed by atoms with van der Waals surface area (Å²) in [5, 5.41) is 3.26. The third-order valence-corrected chi connectivity index (χ3v) is 2.55. The van der Waals surface area contributed by atoms with Gasteiger partial charge in [-0.3, -0.25) is 4.79 Å². The molecule has 1 aromatic carbocycles. The van der Waals surface area contributed by atoms with Crippen LogP contribution in [0.2, 0.25) is 5.02 Å². The molecule has 0 atom stereocenters. The molecular formula is C12H18Cl2N2O2. The van der Waals surface area contributed by atoms with Crippen molar-refractivity contribution in [1.29, 1.82) is 0 Å². The number of carbonyl (C=O) groups excluding carboxylic acids is 1. The summed E-state index contributed by atoms with van der Waals surface area (Å²) in [4.78, 5) is 11.6. The van der Waals surface area contributed by atoms with Crippen molar-refractivity contribution >= 4 is 29.9 Å². The number of carbonyl (C=O) groups is 1. The topological polar surface area (TPSA) is 64.3 Å². The van der Waals surface area contributed by atoms with Gasteiger partial charge in [-0.25, -0.2) is 0 Å². The van der Waals surface area contributed by atoms with Crippen LogP contribution >= 0.6 is 24.0 Å². The lowest BCUT2D eigenvalue weighted by Crippen LogP contribution is -2.48. The van der Waals surface area contributed by atoms with Gasteiger partial charge in [-0.05, 0) is 31.5 Å². The van der Waals surface area contributed by atoms with Crippen LogP contribution in [0, 0.1) is 0 Å². The smallest absolute Gasteiger partial charge is 0.239 e. The lowest BCUT2D eigenvalue weighted by molar-refractivity contribution is -0.125. The molecule has 0 radical (unpaired) electrons. The highest BCUT2D eigenvalue weighted by atomic mass is 35.5. The first-order valence-corrected chi connectivity index (χ1v) is 5.62. The molecule has 102 valence electrons. The molecule has 4 nitrogen and oxygen atoms in total. The van der Waals surface area contributed by atoms with Crippen LogP contribution in [-0.4, -0.2) is 18.6 Å². The second-order valence-corrected chi connectivity index (χ2v) is 4.78. The average molecular weight is 293 g/mol. The van der Waals surface area contributed by atoms with E-state index >= 15 is 0 Å². The first-order chi connectivity index (χ1) is 7.84. The summed E-state index contributed by atoms with van der Waals surface area (Å²) in [5.74, 6) is 0.408. The van der Waals surface area contributed by atoms with Crippen LogP contribution in [0.25, 0.3) is 0 Å². The van der Waals surface area contributed by atoms with Crippen molar-refractivity contribution < 1.29 is 9.53 Å². The van der Waals surface area contributed by atoms with Gasteiger partial charge in [0.15, 0.2) is 0 Å². The molecule has 3 N–H and O–H groups in total. The highest BCUT2D eigenvalue weighted by molar-refractivity contribution is 6.32. The number of amides is 1. The van der Waals surface area contributed by atoms with Gasteiger partial charge in [0.25, 0.3) is 0 Å². The number of hydrogen-bond acceptors (Lipinski definition) is 3. The lowest BCUT2D eigenvalue weighted by atomic mass is 10.1. The van der Waals surface area contributed by atoms with E-state index in [0.717, 1.165) is 5.56 Å². The van der Waals surface area contributed by atoms with Gasteiger partial charge in [0.2, 0.25) is 5.91 Å². The number of benzene rings is 1. The molecule has 0 saturated carbocycles. The SMILES string of the molecule is COc1ccc(CNC(=O)C(C)(C)N)cc1Cl.Cl. The van der Waals surface area contributed by atoms with E-state index in [-0.39, 0.29) is 18.3 Å². The summed E-state index contributed by atoms with van der Waals surface area (Å²) in [6.45, 7) is 3.70. The Morgan fingerprint density at radius 1 is 1.50 bits per heavy atom. The maximum Gasteiger partial charge on any atom is 0.239 e. The molecule has 6 heteroatoms. The van der Waals surface area contributed by atoms with Crippen LogP contribution in [0.1, 0.15) is 19.4 Å². The highest BCUT2D eigenvalue weighted by Gasteiger charge is 2.21. The molecule has 0 fully saturated rings. The third kappa shape index (κ3) is 4.72. The zero-order chi connectivity index (χ0) is 13.1. The van der Waals surface area contributed by atoms with Gasteiger partial charge in [0, 0.05) is 6.54 Å². The van der Waals surface area contributed by atoms with Crippen molar-refractivity contribution in [2.24, 2.45) is 5.73 Å². The largest absolute Gasteiger partial charge is 0.495 e. The second kappa shape index (κ2) is 6.83. The fourth-order valence-corrected chi connectivity index (χ4v) is 1.51. The van der Waals surface area contributed by atoms with Gasteiger partial charge in [0.05, 0.1) is 17.7 Å². The van der Waals surface area contributed by atoms with Crippen LogP contribution in [-0.2, 0) is 11.3 Å². The van der Waals surface area contributed by atoms with Gasteiger partial charge in [-0.15, -0.1) is 12.4 Å². The predicted octanol–water partition coefficient (Wildman–Crippen LogP) is 2.12.